The maximum absolute atomic E-state index is 12.2. The third kappa shape index (κ3) is 3.58. The van der Waals surface area contributed by atoms with E-state index in [1.54, 1.807) is 11.4 Å². The molecule has 1 aromatic heterocycles. The van der Waals surface area contributed by atoms with E-state index in [0.29, 0.717) is 10.9 Å². The fraction of sp³-hybridized carbons (Fsp3) is 0.556. The fourth-order valence-electron chi connectivity index (χ4n) is 1.15. The van der Waals surface area contributed by atoms with E-state index < -0.39 is 15.6 Å². The Kier molecular flexibility index (Phi) is 5.75. The lowest BCUT2D eigenvalue weighted by Gasteiger charge is -2.28. The molecule has 1 rings (SSSR count). The molecule has 0 radical (unpaired) electrons. The van der Waals surface area contributed by atoms with Crippen LogP contribution in [0.25, 0.3) is 0 Å². The summed E-state index contributed by atoms with van der Waals surface area (Å²) in [5.74, 6) is 0.268. The third-order valence-corrected chi connectivity index (χ3v) is 7.64. The molecule has 0 aliphatic heterocycles. The Morgan fingerprint density at radius 2 is 2.06 bits per heavy atom. The first kappa shape index (κ1) is 15.7. The maximum Gasteiger partial charge on any atom is 0.251 e. The van der Waals surface area contributed by atoms with Crippen LogP contribution in [0.15, 0.2) is 20.1 Å². The summed E-state index contributed by atoms with van der Waals surface area (Å²) < 4.78 is 27.7. The molecule has 0 aromatic carbocycles. The van der Waals surface area contributed by atoms with Crippen LogP contribution >= 0.6 is 50.5 Å². The van der Waals surface area contributed by atoms with Gasteiger partial charge in [-0.05, 0) is 33.8 Å². The zero-order valence-electron chi connectivity index (χ0n) is 9.04. The summed E-state index contributed by atoms with van der Waals surface area (Å²) in [6.07, 6.45) is 0.530. The molecular weight excluding hydrogens is 369 g/mol. The molecule has 0 atom stereocenters. The predicted octanol–water partition coefficient (Wildman–Crippen LogP) is 3.42. The van der Waals surface area contributed by atoms with Gasteiger partial charge >= 0.3 is 0 Å². The largest absolute Gasteiger partial charge is 0.251 e. The molecular formula is C9H12BrCl2NO2S2. The highest BCUT2D eigenvalue weighted by atomic mass is 79.9. The highest BCUT2D eigenvalue weighted by Gasteiger charge is 2.33. The Morgan fingerprint density at radius 1 is 1.47 bits per heavy atom. The molecule has 98 valence electrons. The molecule has 0 bridgehead atoms. The lowest BCUT2D eigenvalue weighted by atomic mass is 10.0. The Balaban J connectivity index is 3.05. The molecule has 1 heterocycles. The number of thiophene rings is 1. The molecule has 0 saturated carbocycles. The number of halogens is 3. The summed E-state index contributed by atoms with van der Waals surface area (Å²) in [5.41, 5.74) is -0.800. The first-order valence-electron chi connectivity index (χ1n) is 4.79. The topological polar surface area (TPSA) is 46.2 Å². The predicted molar refractivity (Wildman–Crippen MR) is 76.8 cm³/mol. The van der Waals surface area contributed by atoms with Gasteiger partial charge in [-0.3, -0.25) is 0 Å². The van der Waals surface area contributed by atoms with E-state index in [9.17, 15) is 8.42 Å². The standard InChI is InChI=1S/C9H12BrCl2NO2S2/c1-2-9(5-11,6-12)13-17(14,15)8-7(10)3-4-16-8/h3-4,13H,2,5-6H2,1H3. The van der Waals surface area contributed by atoms with Crippen LogP contribution in [0, 0.1) is 0 Å². The molecule has 17 heavy (non-hydrogen) atoms. The highest BCUT2D eigenvalue weighted by Crippen LogP contribution is 2.29. The second kappa shape index (κ2) is 6.21. The maximum atomic E-state index is 12.2. The Bertz CT molecular complexity index is 463. The van der Waals surface area contributed by atoms with Crippen molar-refractivity contribution in [3.63, 3.8) is 0 Å². The van der Waals surface area contributed by atoms with Gasteiger partial charge in [-0.2, -0.15) is 0 Å². The van der Waals surface area contributed by atoms with Crippen molar-refractivity contribution in [1.29, 1.82) is 0 Å². The van der Waals surface area contributed by atoms with Crippen molar-refractivity contribution in [2.75, 3.05) is 11.8 Å². The molecule has 0 aliphatic carbocycles. The number of nitrogens with one attached hydrogen (secondary N) is 1. The lowest BCUT2D eigenvalue weighted by molar-refractivity contribution is 0.450. The normalized spacial score (nSPS) is 12.9. The van der Waals surface area contributed by atoms with Crippen LogP contribution in [0.2, 0.25) is 0 Å². The van der Waals surface area contributed by atoms with Crippen molar-refractivity contribution < 1.29 is 8.42 Å². The van der Waals surface area contributed by atoms with Crippen LogP contribution in [0.3, 0.4) is 0 Å². The smallest absolute Gasteiger partial charge is 0.206 e. The van der Waals surface area contributed by atoms with Gasteiger partial charge in [-0.1, -0.05) is 6.92 Å². The molecule has 0 fully saturated rings. The van der Waals surface area contributed by atoms with E-state index in [0.717, 1.165) is 11.3 Å². The van der Waals surface area contributed by atoms with Gasteiger partial charge in [0, 0.05) is 16.2 Å². The Morgan fingerprint density at radius 3 is 2.41 bits per heavy atom. The average molecular weight is 381 g/mol. The monoisotopic (exact) mass is 379 g/mol. The lowest BCUT2D eigenvalue weighted by Crippen LogP contribution is -2.51. The van der Waals surface area contributed by atoms with E-state index in [1.807, 2.05) is 6.92 Å². The van der Waals surface area contributed by atoms with E-state index in [-0.39, 0.29) is 16.0 Å². The molecule has 3 nitrogen and oxygen atoms in total. The second-order valence-electron chi connectivity index (χ2n) is 3.56. The summed E-state index contributed by atoms with van der Waals surface area (Å²) in [7, 11) is -3.59. The zero-order valence-corrected chi connectivity index (χ0v) is 13.8. The number of rotatable bonds is 6. The quantitative estimate of drug-likeness (QED) is 0.768. The van der Waals surface area contributed by atoms with Crippen LogP contribution in [-0.4, -0.2) is 25.7 Å². The number of alkyl halides is 2. The fourth-order valence-corrected chi connectivity index (χ4v) is 5.92. The number of sulfonamides is 1. The van der Waals surface area contributed by atoms with Gasteiger partial charge in [0.2, 0.25) is 0 Å². The molecule has 0 aliphatic rings. The molecule has 0 spiro atoms. The van der Waals surface area contributed by atoms with Crippen molar-refractivity contribution in [1.82, 2.24) is 4.72 Å². The molecule has 0 amide bonds. The van der Waals surface area contributed by atoms with Crippen molar-refractivity contribution in [2.45, 2.75) is 23.1 Å². The SMILES string of the molecule is CCC(CCl)(CCl)NS(=O)(=O)c1sccc1Br. The van der Waals surface area contributed by atoms with Gasteiger partial charge in [-0.25, -0.2) is 13.1 Å². The van der Waals surface area contributed by atoms with Crippen molar-refractivity contribution in [2.24, 2.45) is 0 Å². The molecule has 1 aromatic rings. The van der Waals surface area contributed by atoms with Gasteiger partial charge in [0.1, 0.15) is 4.21 Å². The van der Waals surface area contributed by atoms with Crippen LogP contribution in [0.4, 0.5) is 0 Å². The van der Waals surface area contributed by atoms with Crippen molar-refractivity contribution in [3.8, 4) is 0 Å². The van der Waals surface area contributed by atoms with E-state index >= 15 is 0 Å². The van der Waals surface area contributed by atoms with Crippen LogP contribution in [0.1, 0.15) is 13.3 Å². The number of hydrogen-bond acceptors (Lipinski definition) is 3. The van der Waals surface area contributed by atoms with Gasteiger partial charge in [0.15, 0.2) is 0 Å². The third-order valence-electron chi connectivity index (χ3n) is 2.37. The molecule has 0 unspecified atom stereocenters. The Labute approximate surface area is 124 Å². The summed E-state index contributed by atoms with van der Waals surface area (Å²) in [6, 6.07) is 1.69. The van der Waals surface area contributed by atoms with Gasteiger partial charge in [0.05, 0.1) is 5.54 Å². The van der Waals surface area contributed by atoms with Crippen molar-refractivity contribution in [3.05, 3.63) is 15.9 Å². The van der Waals surface area contributed by atoms with Crippen molar-refractivity contribution >= 4 is 60.5 Å². The van der Waals surface area contributed by atoms with E-state index in [4.69, 9.17) is 23.2 Å². The summed E-state index contributed by atoms with van der Waals surface area (Å²) in [4.78, 5) is 0. The van der Waals surface area contributed by atoms with Crippen LogP contribution in [0.5, 0.6) is 0 Å². The summed E-state index contributed by atoms with van der Waals surface area (Å²) in [5, 5.41) is 1.70. The van der Waals surface area contributed by atoms with Crippen LogP contribution in [-0.2, 0) is 10.0 Å². The average Bonchev–Trinajstić information content (AvgIpc) is 2.73. The minimum absolute atomic E-state index is 0.134. The van der Waals surface area contributed by atoms with E-state index in [1.165, 1.54) is 0 Å². The van der Waals surface area contributed by atoms with Gasteiger partial charge < -0.3 is 0 Å². The minimum atomic E-state index is -3.59. The Hall–Kier alpha value is 0.670. The summed E-state index contributed by atoms with van der Waals surface area (Å²) >= 11 is 16.0. The molecule has 1 N–H and O–H groups in total. The number of hydrogen-bond donors (Lipinski definition) is 1. The first-order valence-corrected chi connectivity index (χ1v) is 9.02. The second-order valence-corrected chi connectivity index (χ2v) is 7.75. The van der Waals surface area contributed by atoms with Gasteiger partial charge in [0.25, 0.3) is 10.0 Å². The van der Waals surface area contributed by atoms with Crippen LogP contribution < -0.4 is 4.72 Å². The molecule has 0 saturated heterocycles. The first-order chi connectivity index (χ1) is 7.90. The molecule has 8 heteroatoms. The summed E-state index contributed by atoms with van der Waals surface area (Å²) in [6.45, 7) is 1.84. The highest BCUT2D eigenvalue weighted by molar-refractivity contribution is 9.10. The van der Waals surface area contributed by atoms with Gasteiger partial charge in [-0.15, -0.1) is 34.5 Å². The zero-order chi connectivity index (χ0) is 13.1. The minimum Gasteiger partial charge on any atom is -0.206 e. The van der Waals surface area contributed by atoms with E-state index in [2.05, 4.69) is 20.7 Å².